The first-order valence-corrected chi connectivity index (χ1v) is 9.74. The molecule has 0 radical (unpaired) electrons. The molecule has 0 spiro atoms. The van der Waals surface area contributed by atoms with E-state index in [0.717, 1.165) is 23.9 Å². The molecule has 0 aromatic heterocycles. The van der Waals surface area contributed by atoms with Crippen LogP contribution in [0.15, 0.2) is 0 Å². The summed E-state index contributed by atoms with van der Waals surface area (Å²) in [5.74, 6) is 1.78. The lowest BCUT2D eigenvalue weighted by Gasteiger charge is -2.36. The van der Waals surface area contributed by atoms with E-state index in [4.69, 9.17) is 0 Å². The summed E-state index contributed by atoms with van der Waals surface area (Å²) in [7, 11) is 0. The van der Waals surface area contributed by atoms with E-state index in [0.29, 0.717) is 0 Å². The van der Waals surface area contributed by atoms with Crippen LogP contribution in [0.1, 0.15) is 84.5 Å². The third-order valence-electron chi connectivity index (χ3n) is 5.55. The molecule has 21 heavy (non-hydrogen) atoms. The summed E-state index contributed by atoms with van der Waals surface area (Å²) >= 11 is 0. The normalized spacial score (nSPS) is 30.1. The number of nitrogens with one attached hydrogen (secondary N) is 2. The Kier molecular flexibility index (Phi) is 8.10. The molecule has 1 aliphatic carbocycles. The Morgan fingerprint density at radius 3 is 2.52 bits per heavy atom. The molecule has 3 atom stereocenters. The molecule has 0 aromatic carbocycles. The number of unbranched alkanes of at least 4 members (excludes halogenated alkanes) is 3. The van der Waals surface area contributed by atoms with Gasteiger partial charge < -0.3 is 10.6 Å². The molecule has 0 amide bonds. The lowest BCUT2D eigenvalue weighted by atomic mass is 9.79. The first kappa shape index (κ1) is 17.3. The molecule has 1 saturated heterocycles. The van der Waals surface area contributed by atoms with Crippen LogP contribution in [0.25, 0.3) is 0 Å². The van der Waals surface area contributed by atoms with Crippen molar-refractivity contribution in [3.8, 4) is 0 Å². The second kappa shape index (κ2) is 9.84. The van der Waals surface area contributed by atoms with Crippen LogP contribution in [0.2, 0.25) is 0 Å². The van der Waals surface area contributed by atoms with Gasteiger partial charge in [0.2, 0.25) is 0 Å². The predicted octanol–water partition coefficient (Wildman–Crippen LogP) is 4.49. The number of rotatable bonds is 9. The van der Waals surface area contributed by atoms with E-state index in [-0.39, 0.29) is 0 Å². The van der Waals surface area contributed by atoms with E-state index in [1.165, 1.54) is 83.7 Å². The molecular weight excluding hydrogens is 256 g/mol. The van der Waals surface area contributed by atoms with Gasteiger partial charge in [0, 0.05) is 12.1 Å². The van der Waals surface area contributed by atoms with Crippen LogP contribution in [0.4, 0.5) is 0 Å². The van der Waals surface area contributed by atoms with Gasteiger partial charge in [-0.2, -0.15) is 0 Å². The summed E-state index contributed by atoms with van der Waals surface area (Å²) in [6, 6.07) is 1.61. The van der Waals surface area contributed by atoms with Crippen molar-refractivity contribution in [2.75, 3.05) is 13.1 Å². The molecule has 2 nitrogen and oxygen atoms in total. The zero-order chi connectivity index (χ0) is 14.9. The van der Waals surface area contributed by atoms with E-state index >= 15 is 0 Å². The first-order valence-electron chi connectivity index (χ1n) is 9.74. The monoisotopic (exact) mass is 294 g/mol. The Balaban J connectivity index is 1.57. The third kappa shape index (κ3) is 6.28. The molecule has 1 aliphatic heterocycles. The average molecular weight is 295 g/mol. The van der Waals surface area contributed by atoms with Gasteiger partial charge in [0.1, 0.15) is 0 Å². The van der Waals surface area contributed by atoms with E-state index in [1.54, 1.807) is 0 Å². The van der Waals surface area contributed by atoms with Crippen LogP contribution in [0.5, 0.6) is 0 Å². The lowest BCUT2D eigenvalue weighted by Crippen LogP contribution is -2.47. The highest BCUT2D eigenvalue weighted by Gasteiger charge is 2.32. The van der Waals surface area contributed by atoms with Crippen molar-refractivity contribution in [3.63, 3.8) is 0 Å². The quantitative estimate of drug-likeness (QED) is 0.612. The fourth-order valence-electron chi connectivity index (χ4n) is 4.29. The van der Waals surface area contributed by atoms with Gasteiger partial charge in [0.25, 0.3) is 0 Å². The van der Waals surface area contributed by atoms with Crippen molar-refractivity contribution in [3.05, 3.63) is 0 Å². The summed E-state index contributed by atoms with van der Waals surface area (Å²) in [4.78, 5) is 0. The summed E-state index contributed by atoms with van der Waals surface area (Å²) < 4.78 is 0. The van der Waals surface area contributed by atoms with E-state index in [9.17, 15) is 0 Å². The van der Waals surface area contributed by atoms with Crippen molar-refractivity contribution >= 4 is 0 Å². The third-order valence-corrected chi connectivity index (χ3v) is 5.55. The topological polar surface area (TPSA) is 24.1 Å². The minimum atomic E-state index is 0.796. The fraction of sp³-hybridized carbons (Fsp3) is 1.00. The minimum absolute atomic E-state index is 0.796. The highest BCUT2D eigenvalue weighted by molar-refractivity contribution is 4.91. The summed E-state index contributed by atoms with van der Waals surface area (Å²) in [5, 5.41) is 7.65. The van der Waals surface area contributed by atoms with Crippen molar-refractivity contribution in [2.24, 2.45) is 11.8 Å². The van der Waals surface area contributed by atoms with Crippen LogP contribution >= 0.6 is 0 Å². The molecule has 3 unspecified atom stereocenters. The molecule has 0 aromatic rings. The van der Waals surface area contributed by atoms with Crippen molar-refractivity contribution in [1.29, 1.82) is 0 Å². The molecule has 1 saturated carbocycles. The van der Waals surface area contributed by atoms with Crippen LogP contribution in [0.3, 0.4) is 0 Å². The van der Waals surface area contributed by atoms with E-state index < -0.39 is 0 Å². The lowest BCUT2D eigenvalue weighted by molar-refractivity contribution is 0.214. The molecule has 2 N–H and O–H groups in total. The molecule has 2 rings (SSSR count). The van der Waals surface area contributed by atoms with Gasteiger partial charge in [0.15, 0.2) is 0 Å². The van der Waals surface area contributed by atoms with Gasteiger partial charge in [-0.25, -0.2) is 0 Å². The molecule has 2 aliphatic rings. The second-order valence-electron chi connectivity index (χ2n) is 7.81. The number of hydrogen-bond acceptors (Lipinski definition) is 2. The van der Waals surface area contributed by atoms with Gasteiger partial charge in [-0.05, 0) is 57.0 Å². The molecule has 2 fully saturated rings. The SMILES string of the molecule is CC(C)CCCCCCNC1CCCCC1C1CCCN1. The van der Waals surface area contributed by atoms with Crippen molar-refractivity contribution in [1.82, 2.24) is 10.6 Å². The van der Waals surface area contributed by atoms with Crippen LogP contribution < -0.4 is 10.6 Å². The predicted molar refractivity (Wildman–Crippen MR) is 92.7 cm³/mol. The Morgan fingerprint density at radius 1 is 0.952 bits per heavy atom. The highest BCUT2D eigenvalue weighted by atomic mass is 15.0. The van der Waals surface area contributed by atoms with Gasteiger partial charge in [-0.3, -0.25) is 0 Å². The Bertz CT molecular complexity index is 258. The van der Waals surface area contributed by atoms with Crippen LogP contribution in [0, 0.1) is 11.8 Å². The molecular formula is C19H38N2. The largest absolute Gasteiger partial charge is 0.314 e. The van der Waals surface area contributed by atoms with Gasteiger partial charge in [-0.1, -0.05) is 52.4 Å². The summed E-state index contributed by atoms with van der Waals surface area (Å²) in [5.41, 5.74) is 0. The Hall–Kier alpha value is -0.0800. The first-order chi connectivity index (χ1) is 10.3. The zero-order valence-electron chi connectivity index (χ0n) is 14.5. The second-order valence-corrected chi connectivity index (χ2v) is 7.81. The van der Waals surface area contributed by atoms with E-state index in [1.807, 2.05) is 0 Å². The molecule has 1 heterocycles. The van der Waals surface area contributed by atoms with Gasteiger partial charge >= 0.3 is 0 Å². The van der Waals surface area contributed by atoms with E-state index in [2.05, 4.69) is 24.5 Å². The Labute approximate surface area is 132 Å². The maximum Gasteiger partial charge on any atom is 0.0111 e. The Morgan fingerprint density at radius 2 is 1.76 bits per heavy atom. The zero-order valence-corrected chi connectivity index (χ0v) is 14.5. The average Bonchev–Trinajstić information content (AvgIpc) is 3.00. The molecule has 0 bridgehead atoms. The van der Waals surface area contributed by atoms with Crippen molar-refractivity contribution in [2.45, 2.75) is 96.6 Å². The smallest absolute Gasteiger partial charge is 0.0111 e. The standard InChI is InChI=1S/C19H38N2/c1-16(2)10-5-3-4-8-14-20-18-12-7-6-11-17(18)19-13-9-15-21-19/h16-21H,3-15H2,1-2H3. The summed E-state index contributed by atoms with van der Waals surface area (Å²) in [6.45, 7) is 7.17. The van der Waals surface area contributed by atoms with Crippen LogP contribution in [-0.4, -0.2) is 25.2 Å². The van der Waals surface area contributed by atoms with Crippen molar-refractivity contribution < 1.29 is 0 Å². The van der Waals surface area contributed by atoms with Crippen LogP contribution in [-0.2, 0) is 0 Å². The maximum absolute atomic E-state index is 3.91. The highest BCUT2D eigenvalue weighted by Crippen LogP contribution is 2.30. The minimum Gasteiger partial charge on any atom is -0.314 e. The molecule has 2 heteroatoms. The number of hydrogen-bond donors (Lipinski definition) is 2. The van der Waals surface area contributed by atoms with Gasteiger partial charge in [-0.15, -0.1) is 0 Å². The van der Waals surface area contributed by atoms with Gasteiger partial charge in [0.05, 0.1) is 0 Å². The molecule has 124 valence electrons. The fourth-order valence-corrected chi connectivity index (χ4v) is 4.29. The summed E-state index contributed by atoms with van der Waals surface area (Å²) in [6.07, 6.45) is 15.6. The maximum atomic E-state index is 3.91.